The zero-order chi connectivity index (χ0) is 22.1. The van der Waals surface area contributed by atoms with Gasteiger partial charge in [-0.15, -0.1) is 0 Å². The predicted octanol–water partition coefficient (Wildman–Crippen LogP) is 3.54. The van der Waals surface area contributed by atoms with E-state index in [1.807, 2.05) is 0 Å². The normalized spacial score (nSPS) is 21.5. The number of benzene rings is 1. The lowest BCUT2D eigenvalue weighted by atomic mass is 9.84. The number of pyridine rings is 1. The third-order valence-corrected chi connectivity index (χ3v) is 4.34. The molecule has 0 radical (unpaired) electrons. The molecule has 2 atom stereocenters. The Hall–Kier alpha value is -3.44. The number of ether oxygens (including phenoxy) is 2. The van der Waals surface area contributed by atoms with Gasteiger partial charge >= 0.3 is 12.1 Å². The van der Waals surface area contributed by atoms with Gasteiger partial charge in [0.15, 0.2) is 6.10 Å². The highest BCUT2D eigenvalue weighted by molar-refractivity contribution is 5.87. The number of aromatic nitrogens is 1. The molecule has 1 aliphatic rings. The molecular weight excluding hydrogens is 417 g/mol. The summed E-state index contributed by atoms with van der Waals surface area (Å²) >= 11 is 0. The number of nitrogens with zero attached hydrogens (tertiary/aromatic N) is 2. The summed E-state index contributed by atoms with van der Waals surface area (Å²) in [4.78, 5) is 18.5. The molecule has 0 bridgehead atoms. The average molecular weight is 431 g/mol. The zero-order valence-corrected chi connectivity index (χ0v) is 15.0. The predicted molar refractivity (Wildman–Crippen MR) is 92.5 cm³/mol. The Morgan fingerprint density at radius 3 is 2.70 bits per heavy atom. The number of rotatable bonds is 5. The number of carboxylic acid groups (broad SMARTS) is 1. The average Bonchev–Trinajstić information content (AvgIpc) is 2.68. The lowest BCUT2D eigenvalue weighted by Gasteiger charge is -2.36. The molecule has 1 aliphatic heterocycles. The Labute approximate surface area is 166 Å². The zero-order valence-electron chi connectivity index (χ0n) is 15.0. The van der Waals surface area contributed by atoms with Crippen molar-refractivity contribution < 1.29 is 41.3 Å². The van der Waals surface area contributed by atoms with Crippen LogP contribution in [0, 0.1) is 5.82 Å². The van der Waals surface area contributed by atoms with Crippen LogP contribution in [-0.4, -0.2) is 41.0 Å². The van der Waals surface area contributed by atoms with Crippen molar-refractivity contribution in [2.75, 3.05) is 6.67 Å². The highest BCUT2D eigenvalue weighted by Gasteiger charge is 2.52. The van der Waals surface area contributed by atoms with Gasteiger partial charge in [0.1, 0.15) is 23.8 Å². The second-order valence-electron chi connectivity index (χ2n) is 6.40. The van der Waals surface area contributed by atoms with Crippen LogP contribution in [0.4, 0.5) is 22.0 Å². The monoisotopic (exact) mass is 431 g/mol. The molecule has 0 amide bonds. The molecule has 1 aromatic heterocycles. The maximum atomic E-state index is 14.5. The second-order valence-corrected chi connectivity index (χ2v) is 6.40. The largest absolute Gasteiger partial charge is 0.478 e. The summed E-state index contributed by atoms with van der Waals surface area (Å²) in [6, 6.07) is 4.29. The lowest BCUT2D eigenvalue weighted by molar-refractivity contribution is -0.209. The van der Waals surface area contributed by atoms with Gasteiger partial charge < -0.3 is 20.3 Å². The van der Waals surface area contributed by atoms with Gasteiger partial charge in [-0.2, -0.15) is 13.2 Å². The van der Waals surface area contributed by atoms with Gasteiger partial charge in [0.25, 0.3) is 6.02 Å². The van der Waals surface area contributed by atoms with E-state index >= 15 is 0 Å². The van der Waals surface area contributed by atoms with Gasteiger partial charge in [-0.25, -0.2) is 23.6 Å². The Morgan fingerprint density at radius 2 is 2.07 bits per heavy atom. The highest BCUT2D eigenvalue weighted by atomic mass is 19.4. The summed E-state index contributed by atoms with van der Waals surface area (Å²) in [7, 11) is 0. The molecular formula is C18H14F5N3O4. The molecule has 0 aliphatic carbocycles. The van der Waals surface area contributed by atoms with Crippen LogP contribution in [0.25, 0.3) is 0 Å². The number of hydrogen-bond acceptors (Lipinski definition) is 6. The second kappa shape index (κ2) is 7.76. The van der Waals surface area contributed by atoms with Gasteiger partial charge in [0.05, 0.1) is 5.56 Å². The number of nitrogens with two attached hydrogens (primary N) is 1. The van der Waals surface area contributed by atoms with Gasteiger partial charge in [0, 0.05) is 24.2 Å². The van der Waals surface area contributed by atoms with Crippen LogP contribution in [0.3, 0.4) is 0 Å². The van der Waals surface area contributed by atoms with Gasteiger partial charge in [-0.1, -0.05) is 0 Å². The van der Waals surface area contributed by atoms with Crippen molar-refractivity contribution >= 4 is 12.0 Å². The molecule has 0 fully saturated rings. The number of aliphatic imine (C=N–C) groups is 1. The van der Waals surface area contributed by atoms with Crippen molar-refractivity contribution in [1.29, 1.82) is 0 Å². The molecule has 2 heterocycles. The van der Waals surface area contributed by atoms with Crippen LogP contribution in [0.5, 0.6) is 11.6 Å². The first-order valence-electron chi connectivity index (χ1n) is 8.36. The molecule has 12 heteroatoms. The summed E-state index contributed by atoms with van der Waals surface area (Å²) in [5, 5.41) is 9.00. The van der Waals surface area contributed by atoms with E-state index in [2.05, 4.69) is 14.7 Å². The number of alkyl halides is 4. The fourth-order valence-corrected chi connectivity index (χ4v) is 2.93. The number of carbonyl (C=O) groups is 1. The molecule has 0 unspecified atom stereocenters. The Balaban J connectivity index is 2.00. The van der Waals surface area contributed by atoms with E-state index in [-0.39, 0.29) is 17.2 Å². The van der Waals surface area contributed by atoms with Crippen molar-refractivity contribution in [2.45, 2.75) is 24.2 Å². The van der Waals surface area contributed by atoms with Crippen LogP contribution in [0.1, 0.15) is 22.3 Å². The SMILES string of the molecule is NC1=N[C@](CF)(c2cc(Oc3cc(C(=O)O)ccn3)ccc2F)C[C@@H](C(F)(F)F)O1. The minimum atomic E-state index is -4.88. The summed E-state index contributed by atoms with van der Waals surface area (Å²) in [5.74, 6) is -2.58. The van der Waals surface area contributed by atoms with Crippen LogP contribution < -0.4 is 10.5 Å². The van der Waals surface area contributed by atoms with Gasteiger partial charge in [-0.3, -0.25) is 0 Å². The van der Waals surface area contributed by atoms with E-state index in [1.165, 1.54) is 6.07 Å². The number of aromatic carboxylic acids is 1. The minimum absolute atomic E-state index is 0.127. The smallest absolute Gasteiger partial charge is 0.425 e. The van der Waals surface area contributed by atoms with Crippen molar-refractivity contribution in [1.82, 2.24) is 4.98 Å². The molecule has 30 heavy (non-hydrogen) atoms. The maximum absolute atomic E-state index is 14.5. The fraction of sp³-hybridized carbons (Fsp3) is 0.278. The topological polar surface area (TPSA) is 107 Å². The molecule has 3 rings (SSSR count). The number of hydrogen-bond donors (Lipinski definition) is 2. The molecule has 2 aromatic rings. The Morgan fingerprint density at radius 1 is 1.33 bits per heavy atom. The Bertz CT molecular complexity index is 998. The van der Waals surface area contributed by atoms with Crippen LogP contribution >= 0.6 is 0 Å². The van der Waals surface area contributed by atoms with Crippen molar-refractivity contribution in [3.8, 4) is 11.6 Å². The molecule has 3 N–H and O–H groups in total. The van der Waals surface area contributed by atoms with Gasteiger partial charge in [-0.05, 0) is 24.3 Å². The van der Waals surface area contributed by atoms with E-state index < -0.39 is 54.3 Å². The minimum Gasteiger partial charge on any atom is -0.478 e. The lowest BCUT2D eigenvalue weighted by Crippen LogP contribution is -2.48. The van der Waals surface area contributed by atoms with Crippen LogP contribution in [0.2, 0.25) is 0 Å². The van der Waals surface area contributed by atoms with Crippen molar-refractivity contribution in [3.05, 3.63) is 53.5 Å². The first kappa shape index (κ1) is 21.3. The number of halogens is 5. The third kappa shape index (κ3) is 4.26. The van der Waals surface area contributed by atoms with Gasteiger partial charge in [0.2, 0.25) is 5.88 Å². The summed E-state index contributed by atoms with van der Waals surface area (Å²) in [6.07, 6.45) is -7.25. The number of carboxylic acids is 1. The molecule has 0 saturated heterocycles. The molecule has 0 saturated carbocycles. The van der Waals surface area contributed by atoms with E-state index in [9.17, 15) is 26.7 Å². The van der Waals surface area contributed by atoms with E-state index in [0.717, 1.165) is 30.5 Å². The van der Waals surface area contributed by atoms with Crippen LogP contribution in [-0.2, 0) is 10.3 Å². The maximum Gasteiger partial charge on any atom is 0.425 e. The van der Waals surface area contributed by atoms with Crippen molar-refractivity contribution in [3.63, 3.8) is 0 Å². The van der Waals surface area contributed by atoms with Crippen LogP contribution in [0.15, 0.2) is 41.5 Å². The fourth-order valence-electron chi connectivity index (χ4n) is 2.93. The van der Waals surface area contributed by atoms with Crippen molar-refractivity contribution in [2.24, 2.45) is 10.7 Å². The highest BCUT2D eigenvalue weighted by Crippen LogP contribution is 2.42. The Kier molecular flexibility index (Phi) is 5.51. The summed E-state index contributed by atoms with van der Waals surface area (Å²) < 4.78 is 77.7. The third-order valence-electron chi connectivity index (χ3n) is 4.34. The summed E-state index contributed by atoms with van der Waals surface area (Å²) in [6.45, 7) is -1.49. The van der Waals surface area contributed by atoms with E-state index in [4.69, 9.17) is 15.6 Å². The summed E-state index contributed by atoms with van der Waals surface area (Å²) in [5.41, 5.74) is 2.35. The standard InChI is InChI=1S/C18H14F5N3O4/c19-8-17(7-13(18(21,22)23)30-16(24)26-17)11-6-10(1-2-12(11)20)29-14-5-9(15(27)28)3-4-25-14/h1-6,13H,7-8H2,(H2,24,26)(H,27,28)/t13-,17+/m0/s1. The van der Waals surface area contributed by atoms with E-state index in [1.54, 1.807) is 0 Å². The number of amidine groups is 1. The molecule has 1 aromatic carbocycles. The molecule has 7 nitrogen and oxygen atoms in total. The quantitative estimate of drug-likeness (QED) is 0.702. The molecule has 160 valence electrons. The molecule has 0 spiro atoms. The first-order chi connectivity index (χ1) is 14.0. The first-order valence-corrected chi connectivity index (χ1v) is 8.36. The van der Waals surface area contributed by atoms with E-state index in [0.29, 0.717) is 0 Å².